The van der Waals surface area contributed by atoms with Crippen molar-refractivity contribution < 1.29 is 19.1 Å². The first-order valence-electron chi connectivity index (χ1n) is 33.1. The highest BCUT2D eigenvalue weighted by molar-refractivity contribution is 5.72. The third kappa shape index (κ3) is 21.9. The molecule has 3 saturated carbocycles. The Labute approximate surface area is 483 Å². The van der Waals surface area contributed by atoms with Gasteiger partial charge in [-0.25, -0.2) is 0 Å². The molecule has 0 aromatic heterocycles. The van der Waals surface area contributed by atoms with Crippen LogP contribution in [-0.4, -0.2) is 18.0 Å². The number of ether oxygens (including phenoxy) is 2. The van der Waals surface area contributed by atoms with Gasteiger partial charge < -0.3 is 9.47 Å². The van der Waals surface area contributed by atoms with Crippen molar-refractivity contribution in [3.63, 3.8) is 0 Å². The lowest BCUT2D eigenvalue weighted by atomic mass is 9.47. The summed E-state index contributed by atoms with van der Waals surface area (Å²) in [5.41, 5.74) is 5.37. The largest absolute Gasteiger partial charge is 0.462 e. The number of fused-ring (bicyclic) bond motifs is 5. The monoisotopic (exact) mass is 1080 g/mol. The maximum Gasteiger partial charge on any atom is 0.311 e. The molecule has 3 fully saturated rings. The van der Waals surface area contributed by atoms with Crippen LogP contribution in [0.4, 0.5) is 11.4 Å². The molecule has 6 nitrogen and oxygen atoms in total. The lowest BCUT2D eigenvalue weighted by molar-refractivity contribution is -0.151. The number of esters is 2. The van der Waals surface area contributed by atoms with E-state index < -0.39 is 0 Å². The Morgan fingerprint density at radius 1 is 0.595 bits per heavy atom. The number of allylic oxidation sites excluding steroid dienone is 1. The number of unbranched alkanes of at least 4 members (excludes halogenated alkanes) is 21. The Morgan fingerprint density at radius 2 is 1.15 bits per heavy atom. The Hall–Kier alpha value is -4.16. The lowest BCUT2D eigenvalue weighted by Gasteiger charge is -2.58. The zero-order valence-electron chi connectivity index (χ0n) is 51.1. The summed E-state index contributed by atoms with van der Waals surface area (Å²) in [4.78, 5) is 25.4. The van der Waals surface area contributed by atoms with Crippen molar-refractivity contribution in [2.75, 3.05) is 0 Å². The predicted octanol–water partition coefficient (Wildman–Crippen LogP) is 21.7. The average Bonchev–Trinajstić information content (AvgIpc) is 4.10. The summed E-state index contributed by atoms with van der Waals surface area (Å²) in [5, 5.41) is 8.79. The Bertz CT molecular complexity index is 2260. The maximum absolute atomic E-state index is 13.0. The average molecular weight is 1080 g/mol. The first-order valence-corrected chi connectivity index (χ1v) is 33.1. The molecule has 6 rings (SSSR count). The molecule has 436 valence electrons. The molecule has 0 spiro atoms. The summed E-state index contributed by atoms with van der Waals surface area (Å²) in [7, 11) is 0. The quantitative estimate of drug-likeness (QED) is 0.0170. The molecule has 0 amide bonds. The summed E-state index contributed by atoms with van der Waals surface area (Å²) in [6.07, 6.45) is 47.6. The van der Waals surface area contributed by atoms with Gasteiger partial charge in [-0.15, -0.1) is 0 Å². The van der Waals surface area contributed by atoms with Gasteiger partial charge in [-0.3, -0.25) is 9.59 Å². The van der Waals surface area contributed by atoms with E-state index in [0.29, 0.717) is 29.4 Å². The fraction of sp³-hybridized carbons (Fsp3) is 0.726. The van der Waals surface area contributed by atoms with Gasteiger partial charge >= 0.3 is 11.9 Å². The number of benzene rings is 2. The summed E-state index contributed by atoms with van der Waals surface area (Å²) in [6.45, 7) is 14.9. The molecule has 2 aromatic rings. The van der Waals surface area contributed by atoms with Gasteiger partial charge in [0.05, 0.1) is 11.4 Å². The van der Waals surface area contributed by atoms with E-state index in [2.05, 4.69) is 93.7 Å². The van der Waals surface area contributed by atoms with E-state index in [1.54, 1.807) is 17.7 Å². The van der Waals surface area contributed by atoms with Gasteiger partial charge in [-0.1, -0.05) is 206 Å². The minimum Gasteiger partial charge on any atom is -0.462 e. The summed E-state index contributed by atoms with van der Waals surface area (Å²) < 4.78 is 11.7. The normalized spacial score (nSPS) is 23.6. The van der Waals surface area contributed by atoms with Gasteiger partial charge in [0.1, 0.15) is 11.9 Å². The number of nitrogens with zero attached hydrogens (tertiary/aromatic N) is 2. The second kappa shape index (κ2) is 35.6. The Morgan fingerprint density at radius 3 is 1.76 bits per heavy atom. The molecule has 0 bridgehead atoms. The number of aryl methyl sites for hydroxylation is 1. The zero-order chi connectivity index (χ0) is 56.0. The molecular formula is C73H110N2O4. The van der Waals surface area contributed by atoms with E-state index in [0.717, 1.165) is 137 Å². The molecule has 0 heterocycles. The second-order valence-corrected chi connectivity index (χ2v) is 26.3. The summed E-state index contributed by atoms with van der Waals surface area (Å²) >= 11 is 0. The van der Waals surface area contributed by atoms with Crippen LogP contribution in [0.15, 0.2) is 70.4 Å². The topological polar surface area (TPSA) is 77.3 Å². The van der Waals surface area contributed by atoms with Crippen LogP contribution < -0.4 is 4.74 Å². The van der Waals surface area contributed by atoms with E-state index in [-0.39, 0.29) is 18.0 Å². The third-order valence-corrected chi connectivity index (χ3v) is 19.8. The molecule has 8 atom stereocenters. The van der Waals surface area contributed by atoms with E-state index in [1.807, 2.05) is 24.3 Å². The maximum atomic E-state index is 13.0. The third-order valence-electron chi connectivity index (χ3n) is 19.8. The number of azo groups is 1. The molecule has 79 heavy (non-hydrogen) atoms. The van der Waals surface area contributed by atoms with Gasteiger partial charge in [-0.05, 0) is 184 Å². The van der Waals surface area contributed by atoms with Gasteiger partial charge in [0.25, 0.3) is 0 Å². The van der Waals surface area contributed by atoms with Crippen molar-refractivity contribution in [3.05, 3.63) is 65.7 Å². The molecular weight excluding hydrogens is 969 g/mol. The number of hydrogen-bond donors (Lipinski definition) is 0. The first-order chi connectivity index (χ1) is 38.5. The van der Waals surface area contributed by atoms with Crippen molar-refractivity contribution in [3.8, 4) is 29.4 Å². The fourth-order valence-corrected chi connectivity index (χ4v) is 15.0. The van der Waals surface area contributed by atoms with Crippen LogP contribution in [0.1, 0.15) is 285 Å². The molecule has 0 N–H and O–H groups in total. The summed E-state index contributed by atoms with van der Waals surface area (Å²) in [6, 6.07) is 15.7. The highest BCUT2D eigenvalue weighted by Gasteiger charge is 2.59. The van der Waals surface area contributed by atoms with Gasteiger partial charge in [0.15, 0.2) is 0 Å². The van der Waals surface area contributed by atoms with Gasteiger partial charge in [-0.2, -0.15) is 10.2 Å². The standard InChI is InChI=1S/C73H110N2O4/c1-7-8-9-10-11-12-23-26-29-32-38-60-41-44-62(45-42-60)74-75-63-46-48-64(49-47-63)78-70(76)39-33-30-27-24-21-19-17-15-13-14-16-18-20-22-25-28-31-34-40-71(77)79-65-53-55-72(5)61(57-65)43-50-66-68-52-51-67(59(4)37-35-36-58(2)3)73(68,6)56-54-69(66)72/h41-49,58-59,65-69H,7-12,17-40,50-57H2,1-6H3/t59-,65?,66+,67-,68+,69+,72+,73-/m1/s1. The molecule has 2 aromatic carbocycles. The van der Waals surface area contributed by atoms with Gasteiger partial charge in [0.2, 0.25) is 0 Å². The van der Waals surface area contributed by atoms with E-state index in [1.165, 1.54) is 147 Å². The van der Waals surface area contributed by atoms with Gasteiger partial charge in [0, 0.05) is 32.1 Å². The van der Waals surface area contributed by atoms with Crippen molar-refractivity contribution in [1.82, 2.24) is 0 Å². The van der Waals surface area contributed by atoms with E-state index >= 15 is 0 Å². The Kier molecular flexibility index (Phi) is 28.9. The minimum absolute atomic E-state index is 0.0178. The number of carbonyl (C=O) groups is 2. The van der Waals surface area contributed by atoms with Crippen molar-refractivity contribution in [2.24, 2.45) is 56.6 Å². The van der Waals surface area contributed by atoms with Crippen LogP contribution in [0.5, 0.6) is 5.75 Å². The van der Waals surface area contributed by atoms with Crippen LogP contribution in [0.2, 0.25) is 0 Å². The molecule has 4 aliphatic rings. The van der Waals surface area contributed by atoms with Crippen LogP contribution in [0.25, 0.3) is 0 Å². The van der Waals surface area contributed by atoms with Crippen molar-refractivity contribution >= 4 is 23.3 Å². The molecule has 4 aliphatic carbocycles. The smallest absolute Gasteiger partial charge is 0.311 e. The highest BCUT2D eigenvalue weighted by atomic mass is 16.5. The molecule has 1 unspecified atom stereocenters. The van der Waals surface area contributed by atoms with Crippen LogP contribution in [0, 0.1) is 70.0 Å². The zero-order valence-corrected chi connectivity index (χ0v) is 51.1. The molecule has 0 radical (unpaired) electrons. The number of rotatable bonds is 36. The van der Waals surface area contributed by atoms with Crippen LogP contribution >= 0.6 is 0 Å². The first kappa shape index (κ1) is 64.0. The second-order valence-electron chi connectivity index (χ2n) is 26.3. The Balaban J connectivity index is 0.704. The SMILES string of the molecule is CCCCCCCCCCCCc1ccc(N=Nc2ccc(OC(=O)CCCCCCCCC#CC#CCCCCCCCCC(=O)OC3CC[C@@]4(C)C(=CC[C@H]5[C@@H]6CC[C@H]([C@H](C)CCCC(C)C)[C@@]6(C)CC[C@@H]54)C3)cc2)cc1. The van der Waals surface area contributed by atoms with E-state index in [9.17, 15) is 9.59 Å². The van der Waals surface area contributed by atoms with Crippen LogP contribution in [0.3, 0.4) is 0 Å². The fourth-order valence-electron chi connectivity index (χ4n) is 15.0. The van der Waals surface area contributed by atoms with Crippen LogP contribution in [-0.2, 0) is 20.7 Å². The molecule has 0 aliphatic heterocycles. The lowest BCUT2D eigenvalue weighted by Crippen LogP contribution is -2.51. The highest BCUT2D eigenvalue weighted by Crippen LogP contribution is 2.67. The van der Waals surface area contributed by atoms with Crippen molar-refractivity contribution in [2.45, 2.75) is 292 Å². The van der Waals surface area contributed by atoms with Crippen molar-refractivity contribution in [1.29, 1.82) is 0 Å². The minimum atomic E-state index is -0.189. The number of carbonyl (C=O) groups excluding carboxylic acids is 2. The summed E-state index contributed by atoms with van der Waals surface area (Å²) in [5.74, 6) is 18.1. The van der Waals surface area contributed by atoms with E-state index in [4.69, 9.17) is 9.47 Å². The molecule has 6 heteroatoms. The predicted molar refractivity (Wildman–Crippen MR) is 331 cm³/mol. The number of hydrogen-bond acceptors (Lipinski definition) is 6. The molecule has 0 saturated heterocycles.